The Labute approximate surface area is 67.2 Å². The number of nitrogens with zero attached hydrogens (tertiary/aromatic N) is 1. The molecule has 2 fully saturated rings. The quantitative estimate of drug-likeness (QED) is 0.602. The Hall–Kier alpha value is -0.550. The standard InChI is InChI=1S/C9H13NO/c10-7-9(2-3-9)5-8-1-4-11-6-8/h8H,1-6H2. The molecule has 1 aliphatic carbocycles. The lowest BCUT2D eigenvalue weighted by Crippen LogP contribution is -2.07. The second-order valence-electron chi connectivity index (χ2n) is 3.83. The topological polar surface area (TPSA) is 33.0 Å². The molecule has 1 atom stereocenters. The van der Waals surface area contributed by atoms with Crippen molar-refractivity contribution in [3.05, 3.63) is 0 Å². The molecule has 1 saturated heterocycles. The average Bonchev–Trinajstić information content (AvgIpc) is 2.59. The molecular formula is C9H13NO. The van der Waals surface area contributed by atoms with Crippen molar-refractivity contribution in [2.45, 2.75) is 25.7 Å². The largest absolute Gasteiger partial charge is 0.381 e. The van der Waals surface area contributed by atoms with Gasteiger partial charge in [-0.25, -0.2) is 0 Å². The number of hydrogen-bond donors (Lipinski definition) is 0. The van der Waals surface area contributed by atoms with Crippen LogP contribution in [0.25, 0.3) is 0 Å². The highest BCUT2D eigenvalue weighted by Gasteiger charge is 2.44. The Bertz CT molecular complexity index is 184. The van der Waals surface area contributed by atoms with Crippen LogP contribution in [0.3, 0.4) is 0 Å². The summed E-state index contributed by atoms with van der Waals surface area (Å²) in [6.45, 7) is 1.80. The molecule has 0 aromatic rings. The number of hydrogen-bond acceptors (Lipinski definition) is 2. The predicted octanol–water partition coefficient (Wildman–Crippen LogP) is 1.72. The Kier molecular flexibility index (Phi) is 1.61. The molecule has 0 aromatic carbocycles. The molecule has 0 aromatic heterocycles. The zero-order valence-corrected chi connectivity index (χ0v) is 6.68. The van der Waals surface area contributed by atoms with Crippen molar-refractivity contribution in [2.24, 2.45) is 11.3 Å². The second-order valence-corrected chi connectivity index (χ2v) is 3.83. The third-order valence-corrected chi connectivity index (χ3v) is 2.79. The lowest BCUT2D eigenvalue weighted by Gasteiger charge is -2.09. The molecule has 0 bridgehead atoms. The van der Waals surface area contributed by atoms with Crippen LogP contribution < -0.4 is 0 Å². The first kappa shape index (κ1) is 7.12. The summed E-state index contributed by atoms with van der Waals surface area (Å²) in [4.78, 5) is 0. The normalized spacial score (nSPS) is 33.2. The van der Waals surface area contributed by atoms with E-state index in [1.807, 2.05) is 0 Å². The van der Waals surface area contributed by atoms with Crippen LogP contribution in [0.1, 0.15) is 25.7 Å². The van der Waals surface area contributed by atoms with Crippen LogP contribution in [0, 0.1) is 22.7 Å². The van der Waals surface area contributed by atoms with Crippen LogP contribution in [-0.4, -0.2) is 13.2 Å². The fourth-order valence-electron chi connectivity index (χ4n) is 1.81. The van der Waals surface area contributed by atoms with E-state index >= 15 is 0 Å². The van der Waals surface area contributed by atoms with Gasteiger partial charge >= 0.3 is 0 Å². The lowest BCUT2D eigenvalue weighted by atomic mass is 9.93. The zero-order chi connectivity index (χ0) is 7.73. The Balaban J connectivity index is 1.85. The van der Waals surface area contributed by atoms with Gasteiger partial charge < -0.3 is 4.74 Å². The molecule has 1 saturated carbocycles. The molecule has 2 aliphatic rings. The molecule has 0 amide bonds. The minimum Gasteiger partial charge on any atom is -0.381 e. The SMILES string of the molecule is N#CC1(CC2CCOC2)CC1. The maximum Gasteiger partial charge on any atom is 0.0689 e. The van der Waals surface area contributed by atoms with Gasteiger partial charge in [0, 0.05) is 13.2 Å². The van der Waals surface area contributed by atoms with Gasteiger partial charge in [0.1, 0.15) is 0 Å². The molecule has 2 rings (SSSR count). The van der Waals surface area contributed by atoms with Crippen molar-refractivity contribution >= 4 is 0 Å². The van der Waals surface area contributed by atoms with E-state index in [0.29, 0.717) is 5.92 Å². The van der Waals surface area contributed by atoms with E-state index in [1.54, 1.807) is 0 Å². The minimum atomic E-state index is 0.0817. The van der Waals surface area contributed by atoms with Crippen molar-refractivity contribution in [1.29, 1.82) is 5.26 Å². The summed E-state index contributed by atoms with van der Waals surface area (Å²) in [5.41, 5.74) is 0.0817. The summed E-state index contributed by atoms with van der Waals surface area (Å²) in [6, 6.07) is 2.42. The van der Waals surface area contributed by atoms with Crippen molar-refractivity contribution in [1.82, 2.24) is 0 Å². The van der Waals surface area contributed by atoms with E-state index in [1.165, 1.54) is 6.42 Å². The molecule has 1 unspecified atom stereocenters. The van der Waals surface area contributed by atoms with Crippen molar-refractivity contribution in [3.8, 4) is 6.07 Å². The zero-order valence-electron chi connectivity index (χ0n) is 6.68. The average molecular weight is 151 g/mol. The number of ether oxygens (including phenoxy) is 1. The highest BCUT2D eigenvalue weighted by Crippen LogP contribution is 2.50. The Morgan fingerprint density at radius 2 is 2.36 bits per heavy atom. The third-order valence-electron chi connectivity index (χ3n) is 2.79. The van der Waals surface area contributed by atoms with Gasteiger partial charge in [-0.15, -0.1) is 0 Å². The summed E-state index contributed by atoms with van der Waals surface area (Å²) in [6.07, 6.45) is 4.51. The first-order valence-electron chi connectivity index (χ1n) is 4.34. The summed E-state index contributed by atoms with van der Waals surface area (Å²) >= 11 is 0. The predicted molar refractivity (Wildman–Crippen MR) is 40.8 cm³/mol. The van der Waals surface area contributed by atoms with E-state index in [-0.39, 0.29) is 5.41 Å². The van der Waals surface area contributed by atoms with Gasteiger partial charge in [-0.1, -0.05) is 0 Å². The maximum absolute atomic E-state index is 8.83. The van der Waals surface area contributed by atoms with Crippen molar-refractivity contribution in [2.75, 3.05) is 13.2 Å². The molecule has 11 heavy (non-hydrogen) atoms. The summed E-state index contributed by atoms with van der Waals surface area (Å²) in [5, 5.41) is 8.83. The van der Waals surface area contributed by atoms with E-state index in [9.17, 15) is 0 Å². The Morgan fingerprint density at radius 1 is 1.55 bits per heavy atom. The van der Waals surface area contributed by atoms with Gasteiger partial charge in [0.15, 0.2) is 0 Å². The first-order valence-corrected chi connectivity index (χ1v) is 4.34. The fraction of sp³-hybridized carbons (Fsp3) is 0.889. The summed E-state index contributed by atoms with van der Waals surface area (Å²) in [5.74, 6) is 0.678. The van der Waals surface area contributed by atoms with Crippen LogP contribution >= 0.6 is 0 Å². The molecule has 1 heterocycles. The molecule has 2 nitrogen and oxygen atoms in total. The highest BCUT2D eigenvalue weighted by molar-refractivity contribution is 5.10. The van der Waals surface area contributed by atoms with Gasteiger partial charge in [0.25, 0.3) is 0 Å². The fourth-order valence-corrected chi connectivity index (χ4v) is 1.81. The molecule has 2 heteroatoms. The monoisotopic (exact) mass is 151 g/mol. The van der Waals surface area contributed by atoms with Crippen molar-refractivity contribution in [3.63, 3.8) is 0 Å². The molecule has 0 spiro atoms. The van der Waals surface area contributed by atoms with Crippen LogP contribution in [0.2, 0.25) is 0 Å². The molecule has 60 valence electrons. The van der Waals surface area contributed by atoms with E-state index in [4.69, 9.17) is 10.00 Å². The first-order chi connectivity index (χ1) is 5.35. The summed E-state index contributed by atoms with van der Waals surface area (Å²) in [7, 11) is 0. The minimum absolute atomic E-state index is 0.0817. The number of nitriles is 1. The maximum atomic E-state index is 8.83. The Morgan fingerprint density at radius 3 is 2.82 bits per heavy atom. The molecule has 0 N–H and O–H groups in total. The molecule has 1 aliphatic heterocycles. The van der Waals surface area contributed by atoms with Gasteiger partial charge in [0.2, 0.25) is 0 Å². The van der Waals surface area contributed by atoms with Gasteiger partial charge in [0.05, 0.1) is 11.5 Å². The van der Waals surface area contributed by atoms with Gasteiger partial charge in [-0.05, 0) is 31.6 Å². The van der Waals surface area contributed by atoms with E-state index in [0.717, 1.165) is 32.5 Å². The van der Waals surface area contributed by atoms with Crippen molar-refractivity contribution < 1.29 is 4.74 Å². The van der Waals surface area contributed by atoms with Gasteiger partial charge in [-0.2, -0.15) is 5.26 Å². The van der Waals surface area contributed by atoms with E-state index in [2.05, 4.69) is 6.07 Å². The molecule has 0 radical (unpaired) electrons. The van der Waals surface area contributed by atoms with Crippen LogP contribution in [0.15, 0.2) is 0 Å². The second kappa shape index (κ2) is 2.49. The van der Waals surface area contributed by atoms with E-state index < -0.39 is 0 Å². The third kappa shape index (κ3) is 1.39. The van der Waals surface area contributed by atoms with Gasteiger partial charge in [-0.3, -0.25) is 0 Å². The van der Waals surface area contributed by atoms with Crippen LogP contribution in [-0.2, 0) is 4.74 Å². The highest BCUT2D eigenvalue weighted by atomic mass is 16.5. The summed E-state index contributed by atoms with van der Waals surface area (Å²) < 4.78 is 5.27. The lowest BCUT2D eigenvalue weighted by molar-refractivity contribution is 0.181. The number of rotatable bonds is 2. The van der Waals surface area contributed by atoms with Crippen LogP contribution in [0.5, 0.6) is 0 Å². The van der Waals surface area contributed by atoms with Crippen LogP contribution in [0.4, 0.5) is 0 Å². The molecular weight excluding hydrogens is 138 g/mol. The smallest absolute Gasteiger partial charge is 0.0689 e.